The second-order valence-corrected chi connectivity index (χ2v) is 5.19. The molecule has 6 nitrogen and oxygen atoms in total. The number of fused-ring (bicyclic) bond motifs is 1. The number of anilines is 1. The van der Waals surface area contributed by atoms with Gasteiger partial charge in [0.1, 0.15) is 0 Å². The van der Waals surface area contributed by atoms with Crippen molar-refractivity contribution < 1.29 is 9.59 Å². The summed E-state index contributed by atoms with van der Waals surface area (Å²) < 4.78 is 1.73. The predicted molar refractivity (Wildman–Crippen MR) is 77.9 cm³/mol. The summed E-state index contributed by atoms with van der Waals surface area (Å²) in [4.78, 5) is 23.5. The number of amides is 2. The van der Waals surface area contributed by atoms with Crippen LogP contribution in [0.25, 0.3) is 0 Å². The topological polar surface area (TPSA) is 76.0 Å². The number of rotatable bonds is 3. The molecule has 1 aromatic heterocycles. The molecule has 6 heteroatoms. The molecule has 0 saturated heterocycles. The SMILES string of the molecule is Cc1nn(C)cc1CNC(=O)c1ccc2c(c1)CC(=O)N2. The Kier molecular flexibility index (Phi) is 3.21. The molecule has 0 fully saturated rings. The van der Waals surface area contributed by atoms with E-state index in [1.165, 1.54) is 0 Å². The second kappa shape index (κ2) is 5.05. The number of carbonyl (C=O) groups excluding carboxylic acids is 2. The number of aryl methyl sites for hydroxylation is 2. The van der Waals surface area contributed by atoms with Gasteiger partial charge in [0.15, 0.2) is 0 Å². The van der Waals surface area contributed by atoms with Crippen molar-refractivity contribution in [3.05, 3.63) is 46.8 Å². The fourth-order valence-corrected chi connectivity index (χ4v) is 2.47. The van der Waals surface area contributed by atoms with E-state index in [1.807, 2.05) is 20.2 Å². The van der Waals surface area contributed by atoms with E-state index in [-0.39, 0.29) is 11.8 Å². The summed E-state index contributed by atoms with van der Waals surface area (Å²) in [7, 11) is 1.85. The number of carbonyl (C=O) groups is 2. The van der Waals surface area contributed by atoms with Gasteiger partial charge in [-0.2, -0.15) is 5.10 Å². The highest BCUT2D eigenvalue weighted by atomic mass is 16.2. The van der Waals surface area contributed by atoms with Crippen molar-refractivity contribution in [2.24, 2.45) is 7.05 Å². The molecule has 0 radical (unpaired) electrons. The molecule has 1 aromatic carbocycles. The van der Waals surface area contributed by atoms with E-state index >= 15 is 0 Å². The summed E-state index contributed by atoms with van der Waals surface area (Å²) in [5, 5.41) is 9.86. The van der Waals surface area contributed by atoms with E-state index in [1.54, 1.807) is 22.9 Å². The van der Waals surface area contributed by atoms with Crippen LogP contribution < -0.4 is 10.6 Å². The van der Waals surface area contributed by atoms with Crippen LogP contribution in [0.3, 0.4) is 0 Å². The van der Waals surface area contributed by atoms with Crippen molar-refractivity contribution in [2.75, 3.05) is 5.32 Å². The van der Waals surface area contributed by atoms with Crippen LogP contribution in [0.4, 0.5) is 5.69 Å². The lowest BCUT2D eigenvalue weighted by atomic mass is 10.1. The molecule has 21 heavy (non-hydrogen) atoms. The van der Waals surface area contributed by atoms with E-state index in [9.17, 15) is 9.59 Å². The fourth-order valence-electron chi connectivity index (χ4n) is 2.47. The van der Waals surface area contributed by atoms with Crippen molar-refractivity contribution >= 4 is 17.5 Å². The quantitative estimate of drug-likeness (QED) is 0.888. The van der Waals surface area contributed by atoms with E-state index in [0.29, 0.717) is 18.5 Å². The maximum Gasteiger partial charge on any atom is 0.251 e. The Morgan fingerprint density at radius 3 is 3.00 bits per heavy atom. The Bertz CT molecular complexity index is 733. The molecule has 0 aliphatic carbocycles. The van der Waals surface area contributed by atoms with Gasteiger partial charge in [-0.15, -0.1) is 0 Å². The van der Waals surface area contributed by atoms with E-state index in [2.05, 4.69) is 15.7 Å². The van der Waals surface area contributed by atoms with Gasteiger partial charge in [0.05, 0.1) is 12.1 Å². The number of nitrogens with zero attached hydrogens (tertiary/aromatic N) is 2. The summed E-state index contributed by atoms with van der Waals surface area (Å²) in [6.07, 6.45) is 2.22. The van der Waals surface area contributed by atoms with Crippen LogP contribution in [0.1, 0.15) is 27.2 Å². The lowest BCUT2D eigenvalue weighted by molar-refractivity contribution is -0.115. The smallest absolute Gasteiger partial charge is 0.251 e. The van der Waals surface area contributed by atoms with Crippen LogP contribution in [-0.4, -0.2) is 21.6 Å². The molecular weight excluding hydrogens is 268 g/mol. The van der Waals surface area contributed by atoms with Gasteiger partial charge in [0.25, 0.3) is 5.91 Å². The molecule has 1 aliphatic rings. The van der Waals surface area contributed by atoms with Crippen molar-refractivity contribution in [1.82, 2.24) is 15.1 Å². The molecule has 0 atom stereocenters. The Balaban J connectivity index is 1.70. The molecule has 0 spiro atoms. The molecule has 2 amide bonds. The summed E-state index contributed by atoms with van der Waals surface area (Å²) in [5.74, 6) is -0.186. The highest BCUT2D eigenvalue weighted by Gasteiger charge is 2.19. The van der Waals surface area contributed by atoms with Gasteiger partial charge in [0, 0.05) is 36.6 Å². The van der Waals surface area contributed by atoms with Gasteiger partial charge >= 0.3 is 0 Å². The van der Waals surface area contributed by atoms with Crippen LogP contribution in [0.5, 0.6) is 0 Å². The highest BCUT2D eigenvalue weighted by molar-refractivity contribution is 6.01. The summed E-state index contributed by atoms with van der Waals surface area (Å²) in [6, 6.07) is 5.25. The van der Waals surface area contributed by atoms with Crippen LogP contribution in [0.2, 0.25) is 0 Å². The van der Waals surface area contributed by atoms with E-state index in [4.69, 9.17) is 0 Å². The van der Waals surface area contributed by atoms with Crippen molar-refractivity contribution in [1.29, 1.82) is 0 Å². The van der Waals surface area contributed by atoms with Crippen LogP contribution in [0, 0.1) is 6.92 Å². The second-order valence-electron chi connectivity index (χ2n) is 5.19. The van der Waals surface area contributed by atoms with Gasteiger partial charge in [-0.25, -0.2) is 0 Å². The van der Waals surface area contributed by atoms with Crippen molar-refractivity contribution in [3.8, 4) is 0 Å². The largest absolute Gasteiger partial charge is 0.348 e. The first-order valence-corrected chi connectivity index (χ1v) is 6.73. The van der Waals surface area contributed by atoms with E-state index in [0.717, 1.165) is 22.5 Å². The third-order valence-corrected chi connectivity index (χ3v) is 3.55. The van der Waals surface area contributed by atoms with Crippen LogP contribution >= 0.6 is 0 Å². The number of benzene rings is 1. The zero-order valence-corrected chi connectivity index (χ0v) is 11.9. The molecule has 0 unspecified atom stereocenters. The molecule has 0 saturated carbocycles. The minimum Gasteiger partial charge on any atom is -0.348 e. The number of aromatic nitrogens is 2. The Labute approximate surface area is 122 Å². The Morgan fingerprint density at radius 2 is 2.29 bits per heavy atom. The van der Waals surface area contributed by atoms with Crippen molar-refractivity contribution in [2.45, 2.75) is 19.9 Å². The van der Waals surface area contributed by atoms with E-state index < -0.39 is 0 Å². The van der Waals surface area contributed by atoms with Crippen LogP contribution in [-0.2, 0) is 24.8 Å². The lowest BCUT2D eigenvalue weighted by Gasteiger charge is -2.06. The molecule has 2 N–H and O–H groups in total. The number of nitrogens with one attached hydrogen (secondary N) is 2. The Morgan fingerprint density at radius 1 is 1.48 bits per heavy atom. The van der Waals surface area contributed by atoms with Gasteiger partial charge in [-0.3, -0.25) is 14.3 Å². The maximum absolute atomic E-state index is 12.2. The molecule has 1 aliphatic heterocycles. The minimum atomic E-state index is -0.152. The highest BCUT2D eigenvalue weighted by Crippen LogP contribution is 2.23. The van der Waals surface area contributed by atoms with Gasteiger partial charge < -0.3 is 10.6 Å². The first-order chi connectivity index (χ1) is 10.0. The van der Waals surface area contributed by atoms with Gasteiger partial charge in [-0.1, -0.05) is 0 Å². The van der Waals surface area contributed by atoms with Crippen molar-refractivity contribution in [3.63, 3.8) is 0 Å². The number of hydrogen-bond acceptors (Lipinski definition) is 3. The zero-order valence-electron chi connectivity index (χ0n) is 11.9. The molecule has 108 valence electrons. The fraction of sp³-hybridized carbons (Fsp3) is 0.267. The van der Waals surface area contributed by atoms with Crippen LogP contribution in [0.15, 0.2) is 24.4 Å². The lowest BCUT2D eigenvalue weighted by Crippen LogP contribution is -2.23. The average Bonchev–Trinajstić information content (AvgIpc) is 2.96. The molecule has 2 aromatic rings. The normalized spacial score (nSPS) is 13.0. The maximum atomic E-state index is 12.2. The number of hydrogen-bond donors (Lipinski definition) is 2. The third kappa shape index (κ3) is 2.65. The zero-order chi connectivity index (χ0) is 15.0. The Hall–Kier alpha value is -2.63. The summed E-state index contributed by atoms with van der Waals surface area (Å²) in [5.41, 5.74) is 4.11. The molecule has 2 heterocycles. The average molecular weight is 284 g/mol. The third-order valence-electron chi connectivity index (χ3n) is 3.55. The molecular formula is C15H16N4O2. The summed E-state index contributed by atoms with van der Waals surface area (Å²) in [6.45, 7) is 2.35. The summed E-state index contributed by atoms with van der Waals surface area (Å²) >= 11 is 0. The minimum absolute atomic E-state index is 0.0338. The first kappa shape index (κ1) is 13.4. The standard InChI is InChI=1S/C15H16N4O2/c1-9-12(8-19(2)18-9)7-16-15(21)10-3-4-13-11(5-10)6-14(20)17-13/h3-5,8H,6-7H2,1-2H3,(H,16,21)(H,17,20). The molecule has 3 rings (SSSR count). The first-order valence-electron chi connectivity index (χ1n) is 6.73. The monoisotopic (exact) mass is 284 g/mol. The predicted octanol–water partition coefficient (Wildman–Crippen LogP) is 1.15. The molecule has 0 bridgehead atoms. The van der Waals surface area contributed by atoms with Gasteiger partial charge in [-0.05, 0) is 30.7 Å². The van der Waals surface area contributed by atoms with Gasteiger partial charge in [0.2, 0.25) is 5.91 Å².